The van der Waals surface area contributed by atoms with E-state index in [9.17, 15) is 0 Å². The van der Waals surface area contributed by atoms with Crippen LogP contribution < -0.4 is 5.73 Å². The second-order valence-corrected chi connectivity index (χ2v) is 5.04. The molecule has 100 valence electrons. The number of benzene rings is 1. The van der Waals surface area contributed by atoms with E-state index in [1.165, 1.54) is 11.8 Å². The molecule has 0 fully saturated rings. The quantitative estimate of drug-likeness (QED) is 0.296. The molecular formula is C13H11N5OS. The van der Waals surface area contributed by atoms with Gasteiger partial charge in [0.05, 0.1) is 11.0 Å². The molecule has 0 aliphatic carbocycles. The summed E-state index contributed by atoms with van der Waals surface area (Å²) in [5.74, 6) is 0.0545. The third kappa shape index (κ3) is 2.43. The molecule has 3 rings (SSSR count). The number of para-hydroxylation sites is 2. The predicted octanol–water partition coefficient (Wildman–Crippen LogP) is 2.20. The van der Waals surface area contributed by atoms with Crippen molar-refractivity contribution < 1.29 is 5.21 Å². The van der Waals surface area contributed by atoms with Gasteiger partial charge in [-0.15, -0.1) is 0 Å². The highest BCUT2D eigenvalue weighted by atomic mass is 32.2. The van der Waals surface area contributed by atoms with Gasteiger partial charge in [-0.2, -0.15) is 0 Å². The lowest BCUT2D eigenvalue weighted by atomic mass is 10.2. The van der Waals surface area contributed by atoms with E-state index in [0.717, 1.165) is 16.2 Å². The number of nitrogens with zero attached hydrogens (tertiary/aromatic N) is 3. The Morgan fingerprint density at radius 2 is 2.15 bits per heavy atom. The summed E-state index contributed by atoms with van der Waals surface area (Å²) in [5.41, 5.74) is 8.05. The highest BCUT2D eigenvalue weighted by Gasteiger charge is 2.07. The van der Waals surface area contributed by atoms with E-state index in [1.54, 1.807) is 18.3 Å². The first-order valence-electron chi connectivity index (χ1n) is 5.83. The van der Waals surface area contributed by atoms with Crippen LogP contribution in [0.4, 0.5) is 0 Å². The summed E-state index contributed by atoms with van der Waals surface area (Å²) < 4.78 is 0. The Morgan fingerprint density at radius 3 is 2.95 bits per heavy atom. The molecule has 0 saturated carbocycles. The van der Waals surface area contributed by atoms with Gasteiger partial charge in [0, 0.05) is 11.8 Å². The topological polar surface area (TPSA) is 100 Å². The minimum Gasteiger partial charge on any atom is -0.409 e. The average Bonchev–Trinajstić information content (AvgIpc) is 2.88. The molecule has 2 heterocycles. The van der Waals surface area contributed by atoms with E-state index in [4.69, 9.17) is 10.9 Å². The Bertz CT molecular complexity index is 750. The summed E-state index contributed by atoms with van der Waals surface area (Å²) in [5, 5.41) is 13.1. The molecule has 0 aliphatic rings. The lowest BCUT2D eigenvalue weighted by Crippen LogP contribution is -2.13. The van der Waals surface area contributed by atoms with Gasteiger partial charge in [-0.05, 0) is 36.0 Å². The van der Waals surface area contributed by atoms with Crippen molar-refractivity contribution in [1.82, 2.24) is 15.0 Å². The Kier molecular flexibility index (Phi) is 3.26. The number of rotatable bonds is 3. The van der Waals surface area contributed by atoms with E-state index in [1.807, 2.05) is 24.3 Å². The van der Waals surface area contributed by atoms with E-state index in [-0.39, 0.29) is 5.84 Å². The molecule has 0 saturated heterocycles. The molecule has 0 amide bonds. The Labute approximate surface area is 118 Å². The normalized spacial score (nSPS) is 11.9. The zero-order valence-electron chi connectivity index (χ0n) is 10.3. The molecule has 2 aromatic heterocycles. The highest BCUT2D eigenvalue weighted by Crippen LogP contribution is 2.25. The second kappa shape index (κ2) is 5.22. The molecule has 0 aliphatic heterocycles. The number of H-pyrrole nitrogens is 1. The van der Waals surface area contributed by atoms with Crippen molar-refractivity contribution in [1.29, 1.82) is 0 Å². The van der Waals surface area contributed by atoms with Crippen LogP contribution in [0.15, 0.2) is 57.9 Å². The number of aromatic nitrogens is 3. The minimum atomic E-state index is 0.0545. The maximum absolute atomic E-state index is 8.68. The van der Waals surface area contributed by atoms with Crippen molar-refractivity contribution in [2.45, 2.75) is 10.2 Å². The number of aromatic amines is 1. The molecule has 1 aromatic carbocycles. The number of amidine groups is 1. The van der Waals surface area contributed by atoms with Gasteiger partial charge in [0.2, 0.25) is 0 Å². The average molecular weight is 285 g/mol. The summed E-state index contributed by atoms with van der Waals surface area (Å²) in [6, 6.07) is 11.2. The first-order valence-corrected chi connectivity index (χ1v) is 6.64. The van der Waals surface area contributed by atoms with E-state index >= 15 is 0 Å². The fourth-order valence-corrected chi connectivity index (χ4v) is 2.56. The van der Waals surface area contributed by atoms with Crippen molar-refractivity contribution >= 4 is 28.6 Å². The van der Waals surface area contributed by atoms with Crippen LogP contribution >= 0.6 is 11.8 Å². The van der Waals surface area contributed by atoms with Gasteiger partial charge in [0.25, 0.3) is 0 Å². The van der Waals surface area contributed by atoms with Gasteiger partial charge in [-0.25, -0.2) is 9.97 Å². The molecule has 3 aromatic rings. The van der Waals surface area contributed by atoms with Gasteiger partial charge in [0.15, 0.2) is 11.0 Å². The van der Waals surface area contributed by atoms with Crippen LogP contribution in [0.3, 0.4) is 0 Å². The van der Waals surface area contributed by atoms with E-state index < -0.39 is 0 Å². The van der Waals surface area contributed by atoms with Gasteiger partial charge in [-0.3, -0.25) is 0 Å². The Balaban J connectivity index is 1.90. The van der Waals surface area contributed by atoms with Crippen molar-refractivity contribution in [3.8, 4) is 0 Å². The van der Waals surface area contributed by atoms with Crippen LogP contribution in [0.5, 0.6) is 0 Å². The maximum atomic E-state index is 8.68. The zero-order valence-corrected chi connectivity index (χ0v) is 11.1. The van der Waals surface area contributed by atoms with Gasteiger partial charge in [-0.1, -0.05) is 17.3 Å². The van der Waals surface area contributed by atoms with Crippen LogP contribution in [0, 0.1) is 0 Å². The van der Waals surface area contributed by atoms with Crippen molar-refractivity contribution in [2.75, 3.05) is 0 Å². The van der Waals surface area contributed by atoms with E-state index in [2.05, 4.69) is 20.1 Å². The molecule has 0 spiro atoms. The monoisotopic (exact) mass is 285 g/mol. The third-order valence-corrected chi connectivity index (χ3v) is 3.53. The molecule has 4 N–H and O–H groups in total. The Hall–Kier alpha value is -2.54. The number of hydrogen-bond donors (Lipinski definition) is 3. The van der Waals surface area contributed by atoms with Crippen LogP contribution in [0.25, 0.3) is 11.0 Å². The standard InChI is InChI=1S/C13H11N5OS/c14-12(18-19)8-5-6-15-11(7-8)20-13-16-9-3-1-2-4-10(9)17-13/h1-7,19H,(H2,14,18)(H,16,17). The molecular weight excluding hydrogens is 274 g/mol. The summed E-state index contributed by atoms with van der Waals surface area (Å²) >= 11 is 1.39. The van der Waals surface area contributed by atoms with Crippen LogP contribution in [0.2, 0.25) is 0 Å². The van der Waals surface area contributed by atoms with Gasteiger partial charge in [0.1, 0.15) is 5.03 Å². The maximum Gasteiger partial charge on any atom is 0.172 e. The predicted molar refractivity (Wildman–Crippen MR) is 77.0 cm³/mol. The smallest absolute Gasteiger partial charge is 0.172 e. The molecule has 0 unspecified atom stereocenters. The lowest BCUT2D eigenvalue weighted by Gasteiger charge is -2.01. The number of nitrogens with two attached hydrogens (primary N) is 1. The lowest BCUT2D eigenvalue weighted by molar-refractivity contribution is 0.318. The minimum absolute atomic E-state index is 0.0545. The van der Waals surface area contributed by atoms with Gasteiger partial charge < -0.3 is 15.9 Å². The fraction of sp³-hybridized carbons (Fsp3) is 0. The van der Waals surface area contributed by atoms with Crippen molar-refractivity contribution in [3.63, 3.8) is 0 Å². The summed E-state index contributed by atoms with van der Waals surface area (Å²) in [7, 11) is 0. The first-order chi connectivity index (χ1) is 9.76. The number of oxime groups is 1. The molecule has 0 radical (unpaired) electrons. The van der Waals surface area contributed by atoms with Crippen LogP contribution in [-0.4, -0.2) is 26.0 Å². The molecule has 0 atom stereocenters. The van der Waals surface area contributed by atoms with E-state index in [0.29, 0.717) is 10.6 Å². The SMILES string of the molecule is N/C(=N\O)c1ccnc(Sc2nc3ccccc3[nH]2)c1. The summed E-state index contributed by atoms with van der Waals surface area (Å²) in [6.07, 6.45) is 1.61. The number of pyridine rings is 1. The van der Waals surface area contributed by atoms with Crippen molar-refractivity contribution in [3.05, 3.63) is 48.2 Å². The van der Waals surface area contributed by atoms with Gasteiger partial charge >= 0.3 is 0 Å². The number of nitrogens with one attached hydrogen (secondary N) is 1. The number of hydrogen-bond acceptors (Lipinski definition) is 5. The largest absolute Gasteiger partial charge is 0.409 e. The second-order valence-electron chi connectivity index (χ2n) is 4.03. The number of fused-ring (bicyclic) bond motifs is 1. The highest BCUT2D eigenvalue weighted by molar-refractivity contribution is 7.99. The van der Waals surface area contributed by atoms with Crippen LogP contribution in [-0.2, 0) is 0 Å². The molecule has 0 bridgehead atoms. The molecule has 20 heavy (non-hydrogen) atoms. The van der Waals surface area contributed by atoms with Crippen LogP contribution in [0.1, 0.15) is 5.56 Å². The molecule has 6 nitrogen and oxygen atoms in total. The molecule has 7 heteroatoms. The summed E-state index contributed by atoms with van der Waals surface area (Å²) in [4.78, 5) is 11.9. The third-order valence-electron chi connectivity index (χ3n) is 2.71. The van der Waals surface area contributed by atoms with Crippen molar-refractivity contribution in [2.24, 2.45) is 10.9 Å². The first kappa shape index (κ1) is 12.5. The fourth-order valence-electron chi connectivity index (χ4n) is 1.76. The summed E-state index contributed by atoms with van der Waals surface area (Å²) in [6.45, 7) is 0. The Morgan fingerprint density at radius 1 is 1.30 bits per heavy atom. The zero-order chi connectivity index (χ0) is 13.9. The number of imidazole rings is 1.